The molecule has 0 unspecified atom stereocenters. The summed E-state index contributed by atoms with van der Waals surface area (Å²) < 4.78 is 55.9. The van der Waals surface area contributed by atoms with E-state index in [1.165, 1.54) is 4.31 Å². The molecule has 0 aliphatic carbocycles. The fourth-order valence-corrected chi connectivity index (χ4v) is 3.29. The van der Waals surface area contributed by atoms with E-state index in [4.69, 9.17) is 4.42 Å². The molecule has 0 spiro atoms. The number of anilines is 1. The van der Waals surface area contributed by atoms with Crippen molar-refractivity contribution in [3.63, 3.8) is 0 Å². The molecule has 0 bridgehead atoms. The minimum Gasteiger partial charge on any atom is -0.415 e. The highest BCUT2D eigenvalue weighted by molar-refractivity contribution is 7.95. The minimum absolute atomic E-state index is 0.0320. The molecule has 1 aromatic heterocycles. The second kappa shape index (κ2) is 7.67. The number of benzene rings is 2. The van der Waals surface area contributed by atoms with Crippen molar-refractivity contribution in [1.29, 1.82) is 0 Å². The van der Waals surface area contributed by atoms with Crippen molar-refractivity contribution in [2.24, 2.45) is 0 Å². The first-order valence-corrected chi connectivity index (χ1v) is 9.32. The Hall–Kier alpha value is -3.07. The molecule has 3 rings (SSSR count). The van der Waals surface area contributed by atoms with Crippen LogP contribution in [0.3, 0.4) is 0 Å². The molecule has 140 valence electrons. The smallest absolute Gasteiger partial charge is 0.314 e. The number of hydrogen-bond donors (Lipinski definition) is 0. The summed E-state index contributed by atoms with van der Waals surface area (Å²) in [6.45, 7) is 3.45. The van der Waals surface area contributed by atoms with Crippen LogP contribution in [0.1, 0.15) is 17.9 Å². The van der Waals surface area contributed by atoms with Gasteiger partial charge in [-0.2, -0.15) is 8.78 Å². The molecular formula is C18H15F2N3O3S. The number of nitrogens with zero attached hydrogens (tertiary/aromatic N) is 3. The van der Waals surface area contributed by atoms with Gasteiger partial charge in [-0.25, -0.2) is 8.42 Å². The Labute approximate surface area is 154 Å². The fraction of sp³-hybridized carbons (Fsp3) is 0.111. The monoisotopic (exact) mass is 391 g/mol. The molecule has 0 aliphatic rings. The fourth-order valence-electron chi connectivity index (χ4n) is 2.37. The second-order valence-electron chi connectivity index (χ2n) is 5.50. The number of hydrogen-bond acceptors (Lipinski definition) is 5. The predicted molar refractivity (Wildman–Crippen MR) is 96.4 cm³/mol. The third kappa shape index (κ3) is 4.20. The highest BCUT2D eigenvalue weighted by Gasteiger charge is 2.20. The van der Waals surface area contributed by atoms with Crippen molar-refractivity contribution in [3.05, 3.63) is 78.0 Å². The standard InChI is InChI=1S/C18H15F2N3O3S/c1-2-27(24,25)23(15-6-4-3-5-7-15)12-13-8-10-14(11-9-13)17-21-22-18(26-17)16(19)20/h2-11,16H,1,12H2. The molecule has 6 nitrogen and oxygen atoms in total. The van der Waals surface area contributed by atoms with E-state index in [-0.39, 0.29) is 12.4 Å². The lowest BCUT2D eigenvalue weighted by Crippen LogP contribution is -2.28. The van der Waals surface area contributed by atoms with Gasteiger partial charge in [0.15, 0.2) is 0 Å². The summed E-state index contributed by atoms with van der Waals surface area (Å²) in [5.74, 6) is -0.781. The Balaban J connectivity index is 1.86. The second-order valence-corrected chi connectivity index (χ2v) is 7.30. The van der Waals surface area contributed by atoms with E-state index in [0.717, 1.165) is 5.41 Å². The number of alkyl halides is 2. The zero-order valence-corrected chi connectivity index (χ0v) is 14.8. The number of aromatic nitrogens is 2. The Morgan fingerprint density at radius 3 is 2.30 bits per heavy atom. The first-order valence-electron chi connectivity index (χ1n) is 7.82. The average Bonchev–Trinajstić information content (AvgIpc) is 3.18. The van der Waals surface area contributed by atoms with Gasteiger partial charge in [0.1, 0.15) is 0 Å². The van der Waals surface area contributed by atoms with Crippen molar-refractivity contribution in [2.45, 2.75) is 13.0 Å². The van der Waals surface area contributed by atoms with Crippen LogP contribution in [-0.4, -0.2) is 18.6 Å². The van der Waals surface area contributed by atoms with E-state index in [1.54, 1.807) is 54.6 Å². The Morgan fingerprint density at radius 1 is 1.07 bits per heavy atom. The van der Waals surface area contributed by atoms with Crippen molar-refractivity contribution >= 4 is 15.7 Å². The first-order chi connectivity index (χ1) is 12.9. The highest BCUT2D eigenvalue weighted by atomic mass is 32.2. The van der Waals surface area contributed by atoms with Gasteiger partial charge in [-0.3, -0.25) is 4.31 Å². The molecule has 0 amide bonds. The largest absolute Gasteiger partial charge is 0.415 e. The van der Waals surface area contributed by atoms with Crippen LogP contribution in [-0.2, 0) is 16.6 Å². The Bertz CT molecular complexity index is 1020. The molecule has 0 atom stereocenters. The maximum absolute atomic E-state index is 12.5. The molecular weight excluding hydrogens is 376 g/mol. The van der Waals surface area contributed by atoms with Crippen LogP contribution >= 0.6 is 0 Å². The van der Waals surface area contributed by atoms with E-state index >= 15 is 0 Å². The van der Waals surface area contributed by atoms with Crippen molar-refractivity contribution < 1.29 is 21.6 Å². The topological polar surface area (TPSA) is 76.3 Å². The van der Waals surface area contributed by atoms with E-state index in [0.29, 0.717) is 16.8 Å². The van der Waals surface area contributed by atoms with Crippen LogP contribution in [0.25, 0.3) is 11.5 Å². The molecule has 3 aromatic rings. The quantitative estimate of drug-likeness (QED) is 0.605. The lowest BCUT2D eigenvalue weighted by atomic mass is 10.1. The molecule has 1 heterocycles. The molecule has 0 N–H and O–H groups in total. The van der Waals surface area contributed by atoms with Gasteiger partial charge in [0, 0.05) is 11.0 Å². The van der Waals surface area contributed by atoms with Gasteiger partial charge in [-0.1, -0.05) is 36.9 Å². The maximum atomic E-state index is 12.5. The third-order valence-electron chi connectivity index (χ3n) is 3.72. The summed E-state index contributed by atoms with van der Waals surface area (Å²) in [6.07, 6.45) is -2.84. The van der Waals surface area contributed by atoms with Gasteiger partial charge in [0.05, 0.1) is 12.2 Å². The Morgan fingerprint density at radius 2 is 1.74 bits per heavy atom. The van der Waals surface area contributed by atoms with Gasteiger partial charge in [0.2, 0.25) is 5.89 Å². The summed E-state index contributed by atoms with van der Waals surface area (Å²) in [5.41, 5.74) is 1.64. The third-order valence-corrected chi connectivity index (χ3v) is 5.09. The lowest BCUT2D eigenvalue weighted by Gasteiger charge is -2.22. The number of rotatable bonds is 7. The summed E-state index contributed by atoms with van der Waals surface area (Å²) in [4.78, 5) is 0. The van der Waals surface area contributed by atoms with Crippen molar-refractivity contribution in [1.82, 2.24) is 10.2 Å². The van der Waals surface area contributed by atoms with E-state index in [9.17, 15) is 17.2 Å². The van der Waals surface area contributed by atoms with Gasteiger partial charge < -0.3 is 4.42 Å². The van der Waals surface area contributed by atoms with Crippen LogP contribution < -0.4 is 4.31 Å². The van der Waals surface area contributed by atoms with Crippen LogP contribution in [0.15, 0.2) is 71.0 Å². The van der Waals surface area contributed by atoms with Gasteiger partial charge in [-0.15, -0.1) is 10.2 Å². The van der Waals surface area contributed by atoms with Gasteiger partial charge in [-0.05, 0) is 29.8 Å². The van der Waals surface area contributed by atoms with Gasteiger partial charge in [0.25, 0.3) is 15.9 Å². The number of para-hydroxylation sites is 1. The molecule has 0 radical (unpaired) electrons. The molecule has 9 heteroatoms. The van der Waals surface area contributed by atoms with Crippen molar-refractivity contribution in [2.75, 3.05) is 4.31 Å². The number of sulfonamides is 1. The highest BCUT2D eigenvalue weighted by Crippen LogP contribution is 2.25. The summed E-state index contributed by atoms with van der Waals surface area (Å²) >= 11 is 0. The van der Waals surface area contributed by atoms with Crippen LogP contribution in [0.5, 0.6) is 0 Å². The lowest BCUT2D eigenvalue weighted by molar-refractivity contribution is 0.116. The van der Waals surface area contributed by atoms with E-state index < -0.39 is 22.3 Å². The molecule has 0 fully saturated rings. The summed E-state index contributed by atoms with van der Waals surface area (Å²) in [6, 6.07) is 15.1. The van der Waals surface area contributed by atoms with Crippen LogP contribution in [0, 0.1) is 0 Å². The zero-order chi connectivity index (χ0) is 19.4. The van der Waals surface area contributed by atoms with E-state index in [2.05, 4.69) is 16.8 Å². The average molecular weight is 391 g/mol. The molecule has 0 saturated carbocycles. The SMILES string of the molecule is C=CS(=O)(=O)N(Cc1ccc(-c2nnc(C(F)F)o2)cc1)c1ccccc1. The van der Waals surface area contributed by atoms with E-state index in [1.807, 2.05) is 0 Å². The van der Waals surface area contributed by atoms with Crippen LogP contribution in [0.2, 0.25) is 0 Å². The molecule has 27 heavy (non-hydrogen) atoms. The number of halogens is 2. The zero-order valence-electron chi connectivity index (χ0n) is 14.0. The molecule has 0 saturated heterocycles. The molecule has 2 aromatic carbocycles. The summed E-state index contributed by atoms with van der Waals surface area (Å²) in [7, 11) is -3.71. The molecule has 0 aliphatic heterocycles. The van der Waals surface area contributed by atoms with Crippen molar-refractivity contribution in [3.8, 4) is 11.5 Å². The predicted octanol–water partition coefficient (Wildman–Crippen LogP) is 4.15. The normalized spacial score (nSPS) is 11.5. The summed E-state index contributed by atoms with van der Waals surface area (Å²) in [5, 5.41) is 7.75. The van der Waals surface area contributed by atoms with Gasteiger partial charge >= 0.3 is 6.43 Å². The maximum Gasteiger partial charge on any atom is 0.314 e. The first kappa shape index (κ1) is 18.7. The Kier molecular flexibility index (Phi) is 5.31. The van der Waals surface area contributed by atoms with Crippen LogP contribution in [0.4, 0.5) is 14.5 Å². The minimum atomic E-state index is -3.71.